The normalized spacial score (nSPS) is 12.4. The summed E-state index contributed by atoms with van der Waals surface area (Å²) in [4.78, 5) is 0. The van der Waals surface area contributed by atoms with Crippen LogP contribution in [0.2, 0.25) is 5.02 Å². The summed E-state index contributed by atoms with van der Waals surface area (Å²) in [6.45, 7) is 0.859. The maximum Gasteiger partial charge on any atom is 0.124 e. The number of halogens is 2. The Morgan fingerprint density at radius 3 is 2.53 bits per heavy atom. The third kappa shape index (κ3) is 3.79. The highest BCUT2D eigenvalue weighted by Crippen LogP contribution is 2.25. The number of likely N-dealkylation sites (N-methyl/N-ethyl adjacent to an activating group) is 1. The standard InChI is InChI=1S/C16H17ClFN/c1-19-11-14(12-5-3-2-4-6-12)9-13-7-8-15(18)10-16(13)17/h2-8,10,14,19H,9,11H2,1H3. The van der Waals surface area contributed by atoms with Crippen molar-refractivity contribution in [1.82, 2.24) is 5.32 Å². The Bertz CT molecular complexity index is 528. The predicted molar refractivity (Wildman–Crippen MR) is 78.2 cm³/mol. The van der Waals surface area contributed by atoms with Crippen molar-refractivity contribution < 1.29 is 4.39 Å². The Balaban J connectivity index is 2.21. The smallest absolute Gasteiger partial charge is 0.124 e. The minimum atomic E-state index is -0.293. The van der Waals surface area contributed by atoms with Crippen molar-refractivity contribution in [2.75, 3.05) is 13.6 Å². The number of rotatable bonds is 5. The third-order valence-electron chi connectivity index (χ3n) is 3.20. The highest BCUT2D eigenvalue weighted by Gasteiger charge is 2.13. The lowest BCUT2D eigenvalue weighted by Crippen LogP contribution is -2.19. The van der Waals surface area contributed by atoms with Gasteiger partial charge in [-0.25, -0.2) is 4.39 Å². The van der Waals surface area contributed by atoms with Crippen molar-refractivity contribution >= 4 is 11.6 Å². The van der Waals surface area contributed by atoms with Crippen LogP contribution in [0.25, 0.3) is 0 Å². The molecule has 0 aromatic heterocycles. The van der Waals surface area contributed by atoms with Gasteiger partial charge < -0.3 is 5.32 Å². The molecule has 0 amide bonds. The molecule has 2 rings (SSSR count). The maximum absolute atomic E-state index is 13.1. The Morgan fingerprint density at radius 2 is 1.89 bits per heavy atom. The van der Waals surface area contributed by atoms with Crippen LogP contribution in [-0.4, -0.2) is 13.6 Å². The van der Waals surface area contributed by atoms with Gasteiger partial charge in [0.25, 0.3) is 0 Å². The van der Waals surface area contributed by atoms with Crippen molar-refractivity contribution in [2.24, 2.45) is 0 Å². The summed E-state index contributed by atoms with van der Waals surface area (Å²) < 4.78 is 13.1. The molecule has 100 valence electrons. The monoisotopic (exact) mass is 277 g/mol. The van der Waals surface area contributed by atoms with Crippen LogP contribution >= 0.6 is 11.6 Å². The van der Waals surface area contributed by atoms with Crippen LogP contribution in [-0.2, 0) is 6.42 Å². The summed E-state index contributed by atoms with van der Waals surface area (Å²) >= 11 is 6.10. The van der Waals surface area contributed by atoms with Gasteiger partial charge in [0.1, 0.15) is 5.82 Å². The molecule has 0 aliphatic carbocycles. The molecule has 0 saturated heterocycles. The second kappa shape index (κ2) is 6.69. The summed E-state index contributed by atoms with van der Waals surface area (Å²) in [7, 11) is 1.93. The van der Waals surface area contributed by atoms with E-state index in [0.29, 0.717) is 10.9 Å². The molecule has 0 saturated carbocycles. The van der Waals surface area contributed by atoms with Gasteiger partial charge in [-0.15, -0.1) is 0 Å². The summed E-state index contributed by atoms with van der Waals surface area (Å²) in [6, 6.07) is 14.9. The van der Waals surface area contributed by atoms with Crippen LogP contribution in [0.4, 0.5) is 4.39 Å². The van der Waals surface area contributed by atoms with Gasteiger partial charge in [0, 0.05) is 17.5 Å². The van der Waals surface area contributed by atoms with E-state index in [9.17, 15) is 4.39 Å². The Labute approximate surface area is 118 Å². The van der Waals surface area contributed by atoms with Crippen molar-refractivity contribution in [2.45, 2.75) is 12.3 Å². The molecule has 1 unspecified atom stereocenters. The molecule has 0 radical (unpaired) electrons. The van der Waals surface area contributed by atoms with Crippen LogP contribution in [0.5, 0.6) is 0 Å². The quantitative estimate of drug-likeness (QED) is 0.870. The molecule has 1 atom stereocenters. The van der Waals surface area contributed by atoms with Crippen LogP contribution in [0.1, 0.15) is 17.0 Å². The fraction of sp³-hybridized carbons (Fsp3) is 0.250. The van der Waals surface area contributed by atoms with E-state index >= 15 is 0 Å². The SMILES string of the molecule is CNCC(Cc1ccc(F)cc1Cl)c1ccccc1. The van der Waals surface area contributed by atoms with E-state index in [2.05, 4.69) is 17.4 Å². The lowest BCUT2D eigenvalue weighted by atomic mass is 9.92. The van der Waals surface area contributed by atoms with Crippen molar-refractivity contribution in [1.29, 1.82) is 0 Å². The zero-order valence-corrected chi connectivity index (χ0v) is 11.6. The van der Waals surface area contributed by atoms with E-state index in [4.69, 9.17) is 11.6 Å². The maximum atomic E-state index is 13.1. The molecule has 0 spiro atoms. The van der Waals surface area contributed by atoms with Gasteiger partial charge in [0.05, 0.1) is 0 Å². The van der Waals surface area contributed by atoms with E-state index in [0.717, 1.165) is 18.5 Å². The first-order chi connectivity index (χ1) is 9.20. The lowest BCUT2D eigenvalue weighted by Gasteiger charge is -2.18. The number of hydrogen-bond donors (Lipinski definition) is 1. The second-order valence-corrected chi connectivity index (χ2v) is 5.01. The molecule has 0 heterocycles. The first kappa shape index (κ1) is 14.0. The van der Waals surface area contributed by atoms with Gasteiger partial charge in [0.2, 0.25) is 0 Å². The molecular weight excluding hydrogens is 261 g/mol. The first-order valence-electron chi connectivity index (χ1n) is 6.34. The molecule has 0 fully saturated rings. The molecule has 2 aromatic rings. The average Bonchev–Trinajstić information content (AvgIpc) is 2.42. The molecule has 2 aromatic carbocycles. The summed E-state index contributed by atoms with van der Waals surface area (Å²) in [5.74, 6) is 0.0350. The van der Waals surface area contributed by atoms with Gasteiger partial charge in [0.15, 0.2) is 0 Å². The zero-order valence-electron chi connectivity index (χ0n) is 10.9. The highest BCUT2D eigenvalue weighted by molar-refractivity contribution is 6.31. The molecule has 1 nitrogen and oxygen atoms in total. The molecule has 0 bridgehead atoms. The fourth-order valence-corrected chi connectivity index (χ4v) is 2.48. The van der Waals surface area contributed by atoms with Crippen molar-refractivity contribution in [3.63, 3.8) is 0 Å². The Kier molecular flexibility index (Phi) is 4.94. The molecular formula is C16H17ClFN. The number of benzene rings is 2. The molecule has 0 aliphatic heterocycles. The Morgan fingerprint density at radius 1 is 1.16 bits per heavy atom. The van der Waals surface area contributed by atoms with Gasteiger partial charge in [-0.05, 0) is 36.7 Å². The number of hydrogen-bond acceptors (Lipinski definition) is 1. The van der Waals surface area contributed by atoms with Crippen LogP contribution in [0.15, 0.2) is 48.5 Å². The second-order valence-electron chi connectivity index (χ2n) is 4.61. The van der Waals surface area contributed by atoms with Gasteiger partial charge in [-0.2, -0.15) is 0 Å². The van der Waals surface area contributed by atoms with Crippen LogP contribution in [0.3, 0.4) is 0 Å². The molecule has 19 heavy (non-hydrogen) atoms. The average molecular weight is 278 g/mol. The highest BCUT2D eigenvalue weighted by atomic mass is 35.5. The van der Waals surface area contributed by atoms with Gasteiger partial charge in [-0.3, -0.25) is 0 Å². The Hall–Kier alpha value is -1.38. The van der Waals surface area contributed by atoms with Crippen LogP contribution < -0.4 is 5.32 Å². The minimum absolute atomic E-state index is 0.293. The third-order valence-corrected chi connectivity index (χ3v) is 3.55. The minimum Gasteiger partial charge on any atom is -0.319 e. The van der Waals surface area contributed by atoms with E-state index in [-0.39, 0.29) is 5.82 Å². The van der Waals surface area contributed by atoms with Crippen molar-refractivity contribution in [3.8, 4) is 0 Å². The lowest BCUT2D eigenvalue weighted by molar-refractivity contribution is 0.616. The summed E-state index contributed by atoms with van der Waals surface area (Å²) in [5, 5.41) is 3.70. The van der Waals surface area contributed by atoms with Gasteiger partial charge >= 0.3 is 0 Å². The number of nitrogens with one attached hydrogen (secondary N) is 1. The zero-order chi connectivity index (χ0) is 13.7. The first-order valence-corrected chi connectivity index (χ1v) is 6.72. The fourth-order valence-electron chi connectivity index (χ4n) is 2.23. The van der Waals surface area contributed by atoms with E-state index in [1.807, 2.05) is 25.2 Å². The van der Waals surface area contributed by atoms with E-state index in [1.165, 1.54) is 17.7 Å². The van der Waals surface area contributed by atoms with Gasteiger partial charge in [-0.1, -0.05) is 48.0 Å². The summed E-state index contributed by atoms with van der Waals surface area (Å²) in [5.41, 5.74) is 2.24. The van der Waals surface area contributed by atoms with Crippen LogP contribution in [0, 0.1) is 5.82 Å². The largest absolute Gasteiger partial charge is 0.319 e. The molecule has 1 N–H and O–H groups in total. The van der Waals surface area contributed by atoms with Crippen molar-refractivity contribution in [3.05, 3.63) is 70.5 Å². The summed E-state index contributed by atoms with van der Waals surface area (Å²) in [6.07, 6.45) is 0.796. The predicted octanol–water partition coefficient (Wildman–Crippen LogP) is 4.02. The molecule has 3 heteroatoms. The van der Waals surface area contributed by atoms with E-state index in [1.54, 1.807) is 6.07 Å². The topological polar surface area (TPSA) is 12.0 Å². The molecule has 0 aliphatic rings. The van der Waals surface area contributed by atoms with E-state index < -0.39 is 0 Å².